The molecule has 3 N–H and O–H groups in total. The number of nitrogens with zero attached hydrogens (tertiary/aromatic N) is 4. The van der Waals surface area contributed by atoms with Gasteiger partial charge in [0.05, 0.1) is 0 Å². The molecule has 0 radical (unpaired) electrons. The Morgan fingerprint density at radius 2 is 1.87 bits per heavy atom. The van der Waals surface area contributed by atoms with Crippen LogP contribution in [0.1, 0.15) is 51.4 Å². The topological polar surface area (TPSA) is 89.2 Å². The molecule has 0 spiro atoms. The Labute approximate surface area is 138 Å². The van der Waals surface area contributed by atoms with E-state index in [0.29, 0.717) is 30.6 Å². The molecular weight excluding hydrogens is 292 g/mol. The van der Waals surface area contributed by atoms with Gasteiger partial charge in [-0.3, -0.25) is 0 Å². The van der Waals surface area contributed by atoms with Gasteiger partial charge in [0.2, 0.25) is 11.9 Å². The van der Waals surface area contributed by atoms with Crippen molar-refractivity contribution < 1.29 is 4.74 Å². The predicted octanol–water partition coefficient (Wildman–Crippen LogP) is 2.06. The Morgan fingerprint density at radius 3 is 2.57 bits per heavy atom. The molecular formula is C16H28N6O. The first-order valence-electron chi connectivity index (χ1n) is 8.82. The van der Waals surface area contributed by atoms with Crippen LogP contribution in [0.3, 0.4) is 0 Å². The quantitative estimate of drug-likeness (QED) is 0.803. The number of aromatic nitrogens is 3. The van der Waals surface area contributed by atoms with Gasteiger partial charge < -0.3 is 20.7 Å². The Morgan fingerprint density at radius 1 is 1.09 bits per heavy atom. The maximum absolute atomic E-state index is 5.81. The van der Waals surface area contributed by atoms with Gasteiger partial charge in [0.15, 0.2) is 0 Å². The van der Waals surface area contributed by atoms with E-state index in [1.54, 1.807) is 0 Å². The summed E-state index contributed by atoms with van der Waals surface area (Å²) in [6.45, 7) is 1.73. The third kappa shape index (κ3) is 4.67. The lowest BCUT2D eigenvalue weighted by Gasteiger charge is -2.19. The maximum atomic E-state index is 5.81. The SMILES string of the molecule is CN1CCCC1COc1nc(N)nc(NC2CCCCCC2)n1. The van der Waals surface area contributed by atoms with Crippen molar-refractivity contribution in [1.29, 1.82) is 0 Å². The molecule has 7 nitrogen and oxygen atoms in total. The Balaban J connectivity index is 1.59. The molecule has 7 heteroatoms. The minimum atomic E-state index is 0.214. The van der Waals surface area contributed by atoms with Gasteiger partial charge in [0.1, 0.15) is 6.61 Å². The van der Waals surface area contributed by atoms with E-state index < -0.39 is 0 Å². The summed E-state index contributed by atoms with van der Waals surface area (Å²) in [4.78, 5) is 15.0. The molecule has 1 saturated heterocycles. The van der Waals surface area contributed by atoms with Crippen molar-refractivity contribution in [1.82, 2.24) is 19.9 Å². The number of likely N-dealkylation sites (N-methyl/N-ethyl adjacent to an activating group) is 1. The van der Waals surface area contributed by atoms with Crippen molar-refractivity contribution in [2.75, 3.05) is 31.2 Å². The minimum Gasteiger partial charge on any atom is -0.462 e. The number of hydrogen-bond acceptors (Lipinski definition) is 7. The highest BCUT2D eigenvalue weighted by molar-refractivity contribution is 5.33. The van der Waals surface area contributed by atoms with Crippen molar-refractivity contribution in [2.24, 2.45) is 0 Å². The maximum Gasteiger partial charge on any atom is 0.323 e. The van der Waals surface area contributed by atoms with Gasteiger partial charge in [-0.15, -0.1) is 0 Å². The van der Waals surface area contributed by atoms with Gasteiger partial charge >= 0.3 is 6.01 Å². The fourth-order valence-corrected chi connectivity index (χ4v) is 3.47. The van der Waals surface area contributed by atoms with Gasteiger partial charge in [0, 0.05) is 12.1 Å². The number of nitrogen functional groups attached to an aromatic ring is 1. The Kier molecular flexibility index (Phi) is 5.48. The van der Waals surface area contributed by atoms with Gasteiger partial charge in [-0.2, -0.15) is 15.0 Å². The molecule has 2 fully saturated rings. The van der Waals surface area contributed by atoms with Gasteiger partial charge in [0.25, 0.3) is 0 Å². The smallest absolute Gasteiger partial charge is 0.323 e. The largest absolute Gasteiger partial charge is 0.462 e. The Bertz CT molecular complexity index is 503. The molecule has 1 aromatic rings. The van der Waals surface area contributed by atoms with Crippen LogP contribution in [0.15, 0.2) is 0 Å². The normalized spacial score (nSPS) is 23.6. The predicted molar refractivity (Wildman–Crippen MR) is 90.5 cm³/mol. The van der Waals surface area contributed by atoms with Crippen LogP contribution in [0.4, 0.5) is 11.9 Å². The summed E-state index contributed by atoms with van der Waals surface area (Å²) in [6.07, 6.45) is 9.86. The van der Waals surface area contributed by atoms with Crippen molar-refractivity contribution in [3.05, 3.63) is 0 Å². The molecule has 1 aliphatic heterocycles. The lowest BCUT2D eigenvalue weighted by molar-refractivity contribution is 0.188. The lowest BCUT2D eigenvalue weighted by atomic mass is 10.1. The van der Waals surface area contributed by atoms with E-state index in [0.717, 1.165) is 25.8 Å². The molecule has 1 atom stereocenters. The molecule has 1 saturated carbocycles. The molecule has 1 aromatic heterocycles. The first-order valence-corrected chi connectivity index (χ1v) is 8.82. The van der Waals surface area contributed by atoms with Crippen LogP contribution in [-0.2, 0) is 0 Å². The number of nitrogens with one attached hydrogen (secondary N) is 1. The summed E-state index contributed by atoms with van der Waals surface area (Å²) >= 11 is 0. The highest BCUT2D eigenvalue weighted by Gasteiger charge is 2.22. The van der Waals surface area contributed by atoms with E-state index in [-0.39, 0.29) is 5.95 Å². The third-order valence-corrected chi connectivity index (χ3v) is 4.90. The number of likely N-dealkylation sites (tertiary alicyclic amines) is 1. The van der Waals surface area contributed by atoms with Crippen LogP contribution in [-0.4, -0.2) is 52.1 Å². The van der Waals surface area contributed by atoms with Crippen LogP contribution in [0.5, 0.6) is 6.01 Å². The summed E-state index contributed by atoms with van der Waals surface area (Å²) in [5.41, 5.74) is 5.81. The summed E-state index contributed by atoms with van der Waals surface area (Å²) in [6, 6.07) is 1.19. The summed E-state index contributed by atoms with van der Waals surface area (Å²) in [7, 11) is 2.13. The van der Waals surface area contributed by atoms with E-state index >= 15 is 0 Å². The lowest BCUT2D eigenvalue weighted by Crippen LogP contribution is -2.31. The number of rotatable bonds is 5. The standard InChI is InChI=1S/C16H28N6O/c1-22-10-6-9-13(22)11-23-16-20-14(17)19-15(21-16)18-12-7-4-2-3-5-8-12/h12-13H,2-11H2,1H3,(H3,17,18,19,20,21). The van der Waals surface area contributed by atoms with Gasteiger partial charge in [-0.05, 0) is 39.3 Å². The van der Waals surface area contributed by atoms with Crippen LogP contribution in [0.2, 0.25) is 0 Å². The zero-order valence-corrected chi connectivity index (χ0v) is 14.0. The van der Waals surface area contributed by atoms with Crippen molar-refractivity contribution in [3.63, 3.8) is 0 Å². The highest BCUT2D eigenvalue weighted by atomic mass is 16.5. The Hall–Kier alpha value is -1.63. The molecule has 2 aliphatic rings. The van der Waals surface area contributed by atoms with E-state index in [1.165, 1.54) is 32.1 Å². The molecule has 0 aromatic carbocycles. The monoisotopic (exact) mass is 320 g/mol. The molecule has 3 rings (SSSR count). The molecule has 0 bridgehead atoms. The molecule has 2 heterocycles. The highest BCUT2D eigenvalue weighted by Crippen LogP contribution is 2.21. The molecule has 23 heavy (non-hydrogen) atoms. The van der Waals surface area contributed by atoms with E-state index in [9.17, 15) is 0 Å². The minimum absolute atomic E-state index is 0.214. The van der Waals surface area contributed by atoms with E-state index in [4.69, 9.17) is 10.5 Å². The van der Waals surface area contributed by atoms with Crippen LogP contribution < -0.4 is 15.8 Å². The van der Waals surface area contributed by atoms with Crippen molar-refractivity contribution in [2.45, 2.75) is 63.5 Å². The molecule has 0 amide bonds. The average Bonchev–Trinajstić information content (AvgIpc) is 2.76. The second-order valence-electron chi connectivity index (χ2n) is 6.72. The van der Waals surface area contributed by atoms with Gasteiger partial charge in [-0.25, -0.2) is 0 Å². The first kappa shape index (κ1) is 16.2. The fourth-order valence-electron chi connectivity index (χ4n) is 3.47. The van der Waals surface area contributed by atoms with E-state index in [2.05, 4.69) is 32.2 Å². The summed E-state index contributed by atoms with van der Waals surface area (Å²) in [5.74, 6) is 0.755. The first-order chi connectivity index (χ1) is 11.2. The number of nitrogens with two attached hydrogens (primary N) is 1. The van der Waals surface area contributed by atoms with Crippen LogP contribution in [0.25, 0.3) is 0 Å². The molecule has 1 aliphatic carbocycles. The second-order valence-corrected chi connectivity index (χ2v) is 6.72. The van der Waals surface area contributed by atoms with Gasteiger partial charge in [-0.1, -0.05) is 25.7 Å². The molecule has 1 unspecified atom stereocenters. The van der Waals surface area contributed by atoms with Crippen molar-refractivity contribution >= 4 is 11.9 Å². The van der Waals surface area contributed by atoms with Crippen molar-refractivity contribution in [3.8, 4) is 6.01 Å². The zero-order chi connectivity index (χ0) is 16.1. The van der Waals surface area contributed by atoms with Crippen LogP contribution in [0, 0.1) is 0 Å². The fraction of sp³-hybridized carbons (Fsp3) is 0.812. The molecule has 128 valence electrons. The number of ether oxygens (including phenoxy) is 1. The third-order valence-electron chi connectivity index (χ3n) is 4.90. The summed E-state index contributed by atoms with van der Waals surface area (Å²) < 4.78 is 5.77. The van der Waals surface area contributed by atoms with E-state index in [1.807, 2.05) is 0 Å². The number of hydrogen-bond donors (Lipinski definition) is 2. The number of anilines is 2. The average molecular weight is 320 g/mol. The summed E-state index contributed by atoms with van der Waals surface area (Å²) in [5, 5.41) is 3.41. The van der Waals surface area contributed by atoms with Crippen LogP contribution >= 0.6 is 0 Å². The second kappa shape index (κ2) is 7.77. The zero-order valence-electron chi connectivity index (χ0n) is 14.0.